The fourth-order valence-electron chi connectivity index (χ4n) is 19.0. The highest BCUT2D eigenvalue weighted by atomic mass is 16.5. The highest BCUT2D eigenvalue weighted by Gasteiger charge is 2.58. The van der Waals surface area contributed by atoms with Crippen molar-refractivity contribution in [1.82, 2.24) is 24.5 Å². The summed E-state index contributed by atoms with van der Waals surface area (Å²) in [5.74, 6) is 2.45. The van der Waals surface area contributed by atoms with E-state index in [4.69, 9.17) is 18.9 Å². The Morgan fingerprint density at radius 2 is 0.779 bits per heavy atom. The number of benzene rings is 6. The summed E-state index contributed by atoms with van der Waals surface area (Å²) >= 11 is 0. The molecule has 0 N–H and O–H groups in total. The highest BCUT2D eigenvalue weighted by molar-refractivity contribution is 5.76. The number of methoxy groups -OCH3 is 1. The largest absolute Gasteiger partial charge is 0.494 e. The van der Waals surface area contributed by atoms with Crippen molar-refractivity contribution in [3.63, 3.8) is 0 Å². The van der Waals surface area contributed by atoms with Crippen LogP contribution < -0.4 is 14.2 Å². The van der Waals surface area contributed by atoms with Crippen molar-refractivity contribution in [1.29, 1.82) is 31.6 Å². The summed E-state index contributed by atoms with van der Waals surface area (Å²) in [7, 11) is 1.75. The molecule has 1 saturated carbocycles. The Morgan fingerprint density at radius 3 is 1.11 bits per heavy atom. The van der Waals surface area contributed by atoms with Crippen LogP contribution >= 0.6 is 0 Å². The van der Waals surface area contributed by atoms with Gasteiger partial charge in [-0.3, -0.25) is 9.59 Å². The normalized spacial score (nSPS) is 22.0. The Bertz CT molecular complexity index is 4110. The van der Waals surface area contributed by atoms with Gasteiger partial charge in [0, 0.05) is 46.5 Å². The topological polar surface area (TPSA) is 230 Å². The number of amides is 2. The molecule has 0 spiro atoms. The van der Waals surface area contributed by atoms with E-state index in [1.54, 1.807) is 57.4 Å². The summed E-state index contributed by atoms with van der Waals surface area (Å²) in [6.45, 7) is 12.9. The molecular weight excluding hydrogens is 1300 g/mol. The van der Waals surface area contributed by atoms with E-state index in [-0.39, 0.29) is 47.6 Å². The third kappa shape index (κ3) is 15.9. The Labute approximate surface area is 615 Å². The lowest BCUT2D eigenvalue weighted by Crippen LogP contribution is -2.55. The van der Waals surface area contributed by atoms with E-state index in [1.807, 2.05) is 64.4 Å². The second kappa shape index (κ2) is 34.4. The van der Waals surface area contributed by atoms with Crippen LogP contribution in [0.25, 0.3) is 0 Å². The van der Waals surface area contributed by atoms with E-state index in [0.717, 1.165) is 175 Å². The Kier molecular flexibility index (Phi) is 24.5. The lowest BCUT2D eigenvalue weighted by Gasteiger charge is -2.48. The van der Waals surface area contributed by atoms with Crippen molar-refractivity contribution in [2.45, 2.75) is 151 Å². The van der Waals surface area contributed by atoms with E-state index in [0.29, 0.717) is 74.7 Å². The molecule has 12 rings (SSSR count). The summed E-state index contributed by atoms with van der Waals surface area (Å²) in [4.78, 5) is 40.8. The smallest absolute Gasteiger partial charge is 0.220 e. The molecule has 1 aliphatic carbocycles. The molecule has 0 aromatic heterocycles. The lowest BCUT2D eigenvalue weighted by atomic mass is 9.59. The van der Waals surface area contributed by atoms with Gasteiger partial charge in [-0.2, -0.15) is 31.6 Å². The van der Waals surface area contributed by atoms with E-state index in [9.17, 15) is 41.2 Å². The molecule has 17 nitrogen and oxygen atoms in total. The molecule has 17 heteroatoms. The Morgan fingerprint density at radius 1 is 0.423 bits per heavy atom. The van der Waals surface area contributed by atoms with Gasteiger partial charge in [0.25, 0.3) is 0 Å². The van der Waals surface area contributed by atoms with Gasteiger partial charge in [-0.05, 0) is 260 Å². The van der Waals surface area contributed by atoms with Crippen molar-refractivity contribution in [2.24, 2.45) is 29.6 Å². The highest BCUT2D eigenvalue weighted by Crippen LogP contribution is 2.56. The minimum absolute atomic E-state index is 0.0108. The van der Waals surface area contributed by atoms with Crippen LogP contribution in [0.5, 0.6) is 17.2 Å². The van der Waals surface area contributed by atoms with Crippen LogP contribution in [0.1, 0.15) is 167 Å². The monoisotopic (exact) mass is 1390 g/mol. The number of piperidine rings is 3. The first-order chi connectivity index (χ1) is 50.8. The maximum Gasteiger partial charge on any atom is 0.220 e. The van der Waals surface area contributed by atoms with Gasteiger partial charge >= 0.3 is 0 Å². The predicted octanol–water partition coefficient (Wildman–Crippen LogP) is 14.3. The number of ether oxygens (including phenoxy) is 4. The molecular formula is C87H99N11O6. The van der Waals surface area contributed by atoms with Gasteiger partial charge in [-0.1, -0.05) is 78.9 Å². The van der Waals surface area contributed by atoms with Gasteiger partial charge in [0.05, 0.1) is 109 Å². The molecule has 6 fully saturated rings. The average molecular weight is 1390 g/mol. The Hall–Kier alpha value is -9.56. The van der Waals surface area contributed by atoms with Gasteiger partial charge in [-0.15, -0.1) is 0 Å². The molecule has 5 heterocycles. The second-order valence-corrected chi connectivity index (χ2v) is 29.9. The van der Waals surface area contributed by atoms with Crippen LogP contribution in [0.3, 0.4) is 0 Å². The molecule has 0 bridgehead atoms. The zero-order valence-corrected chi connectivity index (χ0v) is 60.8. The van der Waals surface area contributed by atoms with E-state index < -0.39 is 28.3 Å². The van der Waals surface area contributed by atoms with Gasteiger partial charge in [0.15, 0.2) is 0 Å². The fraction of sp³-hybridized carbons (Fsp3) is 0.494. The van der Waals surface area contributed by atoms with Crippen molar-refractivity contribution < 1.29 is 28.5 Å². The molecule has 5 saturated heterocycles. The van der Waals surface area contributed by atoms with E-state index in [1.165, 1.54) is 0 Å². The molecule has 6 aromatic rings. The minimum Gasteiger partial charge on any atom is -0.494 e. The first-order valence-electron chi connectivity index (χ1n) is 38.0. The van der Waals surface area contributed by atoms with Crippen LogP contribution in [-0.2, 0) is 30.6 Å². The number of nitriles is 6. The third-order valence-electron chi connectivity index (χ3n) is 24.3. The second-order valence-electron chi connectivity index (χ2n) is 29.9. The fourth-order valence-corrected chi connectivity index (χ4v) is 19.0. The van der Waals surface area contributed by atoms with Crippen molar-refractivity contribution in [2.75, 3.05) is 92.4 Å². The number of hydrogen-bond donors (Lipinski definition) is 0. The van der Waals surface area contributed by atoms with Crippen LogP contribution in [0, 0.1) is 97.6 Å². The lowest BCUT2D eigenvalue weighted by molar-refractivity contribution is -0.134. The summed E-state index contributed by atoms with van der Waals surface area (Å²) in [6.07, 6.45) is 12.1. The van der Waals surface area contributed by atoms with E-state index >= 15 is 0 Å². The Balaban J connectivity index is 0.789. The zero-order chi connectivity index (χ0) is 72.6. The molecule has 538 valence electrons. The number of likely N-dealkylation sites (tertiary alicyclic amines) is 5. The molecule has 2 amide bonds. The number of rotatable bonds is 29. The van der Waals surface area contributed by atoms with Crippen molar-refractivity contribution >= 4 is 11.8 Å². The first kappa shape index (κ1) is 74.2. The van der Waals surface area contributed by atoms with Crippen molar-refractivity contribution in [3.8, 4) is 53.7 Å². The van der Waals surface area contributed by atoms with Gasteiger partial charge < -0.3 is 43.4 Å². The molecule has 5 aliphatic heterocycles. The summed E-state index contributed by atoms with van der Waals surface area (Å²) in [6, 6.07) is 62.9. The van der Waals surface area contributed by atoms with Gasteiger partial charge in [0.2, 0.25) is 11.8 Å². The van der Waals surface area contributed by atoms with Crippen LogP contribution in [0.4, 0.5) is 0 Å². The maximum absolute atomic E-state index is 14.8. The summed E-state index contributed by atoms with van der Waals surface area (Å²) in [5.41, 5.74) is 3.66. The van der Waals surface area contributed by atoms with Gasteiger partial charge in [-0.25, -0.2) is 0 Å². The average Bonchev–Trinajstić information content (AvgIpc) is 1.48. The zero-order valence-electron chi connectivity index (χ0n) is 60.8. The molecule has 6 aliphatic rings. The predicted molar refractivity (Wildman–Crippen MR) is 397 cm³/mol. The molecule has 8 atom stereocenters. The SMILES string of the molecule is COCC(C1CC1)C(C#N)(c1ccc(C2CC[C@@H](C(C#N)(c3ccc(C4CC[C@H](C(C#N)(c5ccccc5)C5CCN(CCCOc6ccc(C#N)cc6)CC5)N4C(C)=O)cc3)C3CCN(CCCOc4ccc(C#N)cc4)CC3)N2C(C)=O)cc1)C1CCN(CCCOc2ccc(C#N)cc2)CC1. The standard InChI is InChI=1S/C87H99N11O6/c1-63(99)97-82(34-36-83(97)86(61-92,71-10-5-4-6-11-71)75-40-49-95(50-41-75)45-8-54-103-78-30-14-66(57-89)15-31-78)70-22-26-73(27-23-70)87(62-93,76-42-51-96(52-43-76)46-9-55-104-79-32-16-67(58-90)17-33-79)84-37-35-81(98(84)64(2)100)69-20-24-72(25-21-69)85(60-91,80(59-101-3)68-18-19-68)74-38-47-94(48-39-74)44-7-53-102-77-28-12-65(56-88)13-29-77/h4-6,10-17,20-33,68,74-76,80-84H,7-9,18-19,34-55,59H2,1-3H3/t80?,81?,82?,83-,84+,85?,86?,87?/m1/s1. The number of hydrogen-bond acceptors (Lipinski definition) is 15. The molecule has 104 heavy (non-hydrogen) atoms. The number of nitrogens with zero attached hydrogens (tertiary/aromatic N) is 11. The number of carbonyl (C=O) groups excluding carboxylic acids is 2. The van der Waals surface area contributed by atoms with Crippen LogP contribution in [0.15, 0.2) is 152 Å². The van der Waals surface area contributed by atoms with Crippen molar-refractivity contribution in [3.05, 3.63) is 196 Å². The summed E-state index contributed by atoms with van der Waals surface area (Å²) < 4.78 is 24.2. The quantitative estimate of drug-likeness (QED) is 0.0398. The van der Waals surface area contributed by atoms with E-state index in [2.05, 4.69) is 112 Å². The first-order valence-corrected chi connectivity index (χ1v) is 38.0. The minimum atomic E-state index is -1.11. The van der Waals surface area contributed by atoms with Crippen LogP contribution in [0.2, 0.25) is 0 Å². The van der Waals surface area contributed by atoms with Crippen LogP contribution in [-0.4, -0.2) is 141 Å². The molecule has 6 unspecified atom stereocenters. The third-order valence-corrected chi connectivity index (χ3v) is 24.3. The van der Waals surface area contributed by atoms with Gasteiger partial charge in [0.1, 0.15) is 28.1 Å². The summed E-state index contributed by atoms with van der Waals surface area (Å²) in [5, 5.41) is 63.7. The number of carbonyl (C=O) groups is 2. The molecule has 0 radical (unpaired) electrons. The maximum atomic E-state index is 14.8. The molecule has 6 aromatic carbocycles.